The van der Waals surface area contributed by atoms with Gasteiger partial charge in [-0.1, -0.05) is 25.1 Å². The fourth-order valence-corrected chi connectivity index (χ4v) is 7.22. The van der Waals surface area contributed by atoms with Crippen molar-refractivity contribution in [2.75, 3.05) is 0 Å². The van der Waals surface area contributed by atoms with Gasteiger partial charge in [-0.2, -0.15) is 0 Å². The maximum absolute atomic E-state index is 11.6. The number of nitrogens with two attached hydrogens (primary N) is 1. The second kappa shape index (κ2) is 7.73. The Labute approximate surface area is 188 Å². The highest BCUT2D eigenvalue weighted by atomic mass is 16.4. The molecule has 0 bridgehead atoms. The Balaban J connectivity index is 1.39. The number of amides is 1. The lowest BCUT2D eigenvalue weighted by Crippen LogP contribution is -2.44. The Hall–Kier alpha value is -2.66. The fourth-order valence-electron chi connectivity index (χ4n) is 7.22. The first-order chi connectivity index (χ1) is 15.3. The summed E-state index contributed by atoms with van der Waals surface area (Å²) in [6.07, 6.45) is 5.37. The summed E-state index contributed by atoms with van der Waals surface area (Å²) in [6.45, 7) is 2.27. The summed E-state index contributed by atoms with van der Waals surface area (Å²) in [6, 6.07) is 13.1. The maximum Gasteiger partial charge on any atom is 0.335 e. The Kier molecular flexibility index (Phi) is 5.12. The molecule has 0 heterocycles. The van der Waals surface area contributed by atoms with Crippen LogP contribution < -0.4 is 5.73 Å². The molecule has 168 valence electrons. The van der Waals surface area contributed by atoms with Gasteiger partial charge < -0.3 is 15.9 Å². The molecule has 3 aliphatic rings. The molecule has 4 N–H and O–H groups in total. The quantitative estimate of drug-likeness (QED) is 0.674. The minimum atomic E-state index is -0.867. The molecule has 2 aromatic rings. The minimum absolute atomic E-state index is 0.0916. The lowest BCUT2D eigenvalue weighted by atomic mass is 9.55. The van der Waals surface area contributed by atoms with Crippen molar-refractivity contribution < 1.29 is 19.8 Å². The number of aliphatic hydroxyl groups is 1. The fraction of sp³-hybridized carbons (Fsp3) is 0.481. The second-order valence-electron chi connectivity index (χ2n) is 10.4. The van der Waals surface area contributed by atoms with Crippen LogP contribution in [0.5, 0.6) is 0 Å². The number of benzene rings is 2. The minimum Gasteiger partial charge on any atom is -0.478 e. The van der Waals surface area contributed by atoms with Crippen LogP contribution in [0.2, 0.25) is 0 Å². The summed E-state index contributed by atoms with van der Waals surface area (Å²) in [5.41, 5.74) is 9.81. The summed E-state index contributed by atoms with van der Waals surface area (Å²) in [5, 5.41) is 20.8. The Bertz CT molecular complexity index is 1080. The summed E-state index contributed by atoms with van der Waals surface area (Å²) in [4.78, 5) is 23.0. The molecule has 0 aromatic heterocycles. The first kappa shape index (κ1) is 21.2. The molecule has 0 radical (unpaired) electrons. The third-order valence-corrected chi connectivity index (χ3v) is 8.80. The summed E-state index contributed by atoms with van der Waals surface area (Å²) < 4.78 is 0. The zero-order valence-corrected chi connectivity index (χ0v) is 18.5. The first-order valence-electron chi connectivity index (χ1n) is 11.7. The van der Waals surface area contributed by atoms with E-state index < -0.39 is 11.9 Å². The second-order valence-corrected chi connectivity index (χ2v) is 10.4. The molecule has 2 fully saturated rings. The Morgan fingerprint density at radius 2 is 1.94 bits per heavy atom. The zero-order valence-electron chi connectivity index (χ0n) is 18.5. The van der Waals surface area contributed by atoms with Gasteiger partial charge in [-0.05, 0) is 109 Å². The summed E-state index contributed by atoms with van der Waals surface area (Å²) >= 11 is 0. The van der Waals surface area contributed by atoms with Gasteiger partial charge in [0.2, 0.25) is 5.91 Å². The van der Waals surface area contributed by atoms with Gasteiger partial charge >= 0.3 is 5.97 Å². The number of aryl methyl sites for hydroxylation is 1. The van der Waals surface area contributed by atoms with Crippen molar-refractivity contribution in [3.8, 4) is 0 Å². The van der Waals surface area contributed by atoms with Crippen LogP contribution in [-0.2, 0) is 12.8 Å². The van der Waals surface area contributed by atoms with Gasteiger partial charge in [0.1, 0.15) is 0 Å². The standard InChI is InChI=1S/C27H31NO4/c1-27-10-9-21-20-7-6-18(26(31)32)13-16(20)5-8-22(21)23(27)14-19(24(27)29)12-15-3-2-4-17(11-15)25(28)30/h2-4,6-7,11,13,19,21-24,29H,5,8-10,12,14H2,1H3,(H2,28,30)(H,31,32)/t19-,21+,22+,23-,24-,27-/m0/s1. The Morgan fingerprint density at radius 3 is 2.69 bits per heavy atom. The van der Waals surface area contributed by atoms with Crippen molar-refractivity contribution in [2.24, 2.45) is 28.9 Å². The van der Waals surface area contributed by atoms with Gasteiger partial charge in [-0.25, -0.2) is 4.79 Å². The number of aliphatic hydroxyl groups excluding tert-OH is 1. The number of carbonyl (C=O) groups excluding carboxylic acids is 1. The monoisotopic (exact) mass is 433 g/mol. The number of primary amides is 1. The number of carboxylic acids is 1. The van der Waals surface area contributed by atoms with E-state index in [-0.39, 0.29) is 17.4 Å². The molecule has 0 spiro atoms. The van der Waals surface area contributed by atoms with Gasteiger partial charge in [-0.15, -0.1) is 0 Å². The van der Waals surface area contributed by atoms with E-state index in [0.717, 1.165) is 44.1 Å². The normalized spacial score (nSPS) is 33.1. The highest BCUT2D eigenvalue weighted by Crippen LogP contribution is 2.62. The molecule has 2 saturated carbocycles. The van der Waals surface area contributed by atoms with Crippen LogP contribution in [-0.4, -0.2) is 28.2 Å². The molecular weight excluding hydrogens is 402 g/mol. The highest BCUT2D eigenvalue weighted by Gasteiger charge is 2.57. The average Bonchev–Trinajstić information content (AvgIpc) is 3.03. The molecule has 5 rings (SSSR count). The van der Waals surface area contributed by atoms with Crippen molar-refractivity contribution in [1.82, 2.24) is 0 Å². The number of hydrogen-bond acceptors (Lipinski definition) is 3. The van der Waals surface area contributed by atoms with E-state index >= 15 is 0 Å². The van der Waals surface area contributed by atoms with Crippen LogP contribution in [0.4, 0.5) is 0 Å². The molecule has 32 heavy (non-hydrogen) atoms. The van der Waals surface area contributed by atoms with Crippen LogP contribution in [0.3, 0.4) is 0 Å². The molecule has 0 aliphatic heterocycles. The lowest BCUT2D eigenvalue weighted by molar-refractivity contribution is -0.0325. The van der Waals surface area contributed by atoms with E-state index in [2.05, 4.69) is 6.92 Å². The zero-order chi connectivity index (χ0) is 22.6. The molecule has 5 heteroatoms. The van der Waals surface area contributed by atoms with Crippen LogP contribution >= 0.6 is 0 Å². The van der Waals surface area contributed by atoms with E-state index in [1.54, 1.807) is 12.1 Å². The smallest absolute Gasteiger partial charge is 0.335 e. The number of carboxylic acid groups (broad SMARTS) is 1. The molecule has 3 aliphatic carbocycles. The van der Waals surface area contributed by atoms with Crippen molar-refractivity contribution in [2.45, 2.75) is 57.5 Å². The summed E-state index contributed by atoms with van der Waals surface area (Å²) in [7, 11) is 0. The third-order valence-electron chi connectivity index (χ3n) is 8.80. The molecule has 0 unspecified atom stereocenters. The van der Waals surface area contributed by atoms with Crippen molar-refractivity contribution >= 4 is 11.9 Å². The van der Waals surface area contributed by atoms with Crippen LogP contribution in [0.1, 0.15) is 75.9 Å². The van der Waals surface area contributed by atoms with Gasteiger partial charge in [0.05, 0.1) is 11.7 Å². The van der Waals surface area contributed by atoms with Gasteiger partial charge in [-0.3, -0.25) is 4.79 Å². The van der Waals surface area contributed by atoms with Crippen molar-refractivity contribution in [3.63, 3.8) is 0 Å². The predicted molar refractivity (Wildman–Crippen MR) is 122 cm³/mol. The van der Waals surface area contributed by atoms with Crippen LogP contribution in [0, 0.1) is 23.2 Å². The van der Waals surface area contributed by atoms with Crippen molar-refractivity contribution in [1.29, 1.82) is 0 Å². The topological polar surface area (TPSA) is 101 Å². The number of aromatic carboxylic acids is 1. The Morgan fingerprint density at radius 1 is 1.12 bits per heavy atom. The molecule has 6 atom stereocenters. The molecule has 0 saturated heterocycles. The number of fused-ring (bicyclic) bond motifs is 5. The SMILES string of the molecule is C[C@]12CC[C@@H]3c4ccc(C(=O)O)cc4CC[C@H]3[C@@H]1C[C@H](Cc1cccc(C(N)=O)c1)[C@@H]2O. The van der Waals surface area contributed by atoms with Crippen molar-refractivity contribution in [3.05, 3.63) is 70.3 Å². The number of rotatable bonds is 4. The first-order valence-corrected chi connectivity index (χ1v) is 11.7. The van der Waals surface area contributed by atoms with E-state index in [1.165, 1.54) is 11.1 Å². The van der Waals surface area contributed by atoms with E-state index in [4.69, 9.17) is 5.73 Å². The van der Waals surface area contributed by atoms with E-state index in [0.29, 0.717) is 28.9 Å². The van der Waals surface area contributed by atoms with E-state index in [1.807, 2.05) is 30.3 Å². The molecule has 1 amide bonds. The molecule has 2 aromatic carbocycles. The number of carbonyl (C=O) groups is 2. The molecular formula is C27H31NO4. The average molecular weight is 434 g/mol. The highest BCUT2D eigenvalue weighted by molar-refractivity contribution is 5.92. The van der Waals surface area contributed by atoms with E-state index in [9.17, 15) is 19.8 Å². The third kappa shape index (κ3) is 3.34. The van der Waals surface area contributed by atoms with Crippen LogP contribution in [0.25, 0.3) is 0 Å². The summed E-state index contributed by atoms with van der Waals surface area (Å²) in [5.74, 6) is 0.301. The van der Waals surface area contributed by atoms with Crippen LogP contribution in [0.15, 0.2) is 42.5 Å². The van der Waals surface area contributed by atoms with Gasteiger partial charge in [0.25, 0.3) is 0 Å². The lowest BCUT2D eigenvalue weighted by Gasteiger charge is -2.50. The predicted octanol–water partition coefficient (Wildman–Crippen LogP) is 4.17. The van der Waals surface area contributed by atoms with Gasteiger partial charge in [0.15, 0.2) is 0 Å². The number of hydrogen-bond donors (Lipinski definition) is 3. The van der Waals surface area contributed by atoms with Gasteiger partial charge in [0, 0.05) is 5.56 Å². The molecule has 5 nitrogen and oxygen atoms in total. The largest absolute Gasteiger partial charge is 0.478 e. The maximum atomic E-state index is 11.6.